The molecule has 1 aromatic carbocycles. The highest BCUT2D eigenvalue weighted by Gasteiger charge is 2.54. The van der Waals surface area contributed by atoms with E-state index in [2.05, 4.69) is 5.32 Å². The molecular weight excluding hydrogens is 298 g/mol. The van der Waals surface area contributed by atoms with E-state index in [4.69, 9.17) is 4.74 Å². The van der Waals surface area contributed by atoms with E-state index < -0.39 is 23.8 Å². The number of hydrogen-bond donors (Lipinski definition) is 2. The van der Waals surface area contributed by atoms with Crippen LogP contribution in [0.25, 0.3) is 0 Å². The lowest BCUT2D eigenvalue weighted by atomic mass is 9.78. The predicted octanol–water partition coefficient (Wildman–Crippen LogP) is 2.16. The summed E-state index contributed by atoms with van der Waals surface area (Å²) in [7, 11) is 1.28. The molecule has 6 nitrogen and oxygen atoms in total. The summed E-state index contributed by atoms with van der Waals surface area (Å²) in [6.45, 7) is 0. The van der Waals surface area contributed by atoms with Gasteiger partial charge in [0, 0.05) is 0 Å². The molecule has 4 atom stereocenters. The molecule has 2 bridgehead atoms. The number of carbonyl (C=O) groups is 3. The molecule has 6 heteroatoms. The van der Waals surface area contributed by atoms with Crippen molar-refractivity contribution in [2.45, 2.75) is 19.3 Å². The fraction of sp³-hybridized carbons (Fsp3) is 0.471. The molecule has 0 spiro atoms. The van der Waals surface area contributed by atoms with Gasteiger partial charge < -0.3 is 15.2 Å². The van der Waals surface area contributed by atoms with E-state index >= 15 is 0 Å². The SMILES string of the molecule is COC(=O)c1ccccc1NC(=O)[C@H]1[C@H]2CC[C@@H](C2)[C@H]1C(=O)O. The second-order valence-electron chi connectivity index (χ2n) is 6.25. The highest BCUT2D eigenvalue weighted by atomic mass is 16.5. The van der Waals surface area contributed by atoms with Crippen LogP contribution in [-0.2, 0) is 14.3 Å². The highest BCUT2D eigenvalue weighted by Crippen LogP contribution is 2.52. The third-order valence-corrected chi connectivity index (χ3v) is 5.09. The monoisotopic (exact) mass is 317 g/mol. The lowest BCUT2D eigenvalue weighted by molar-refractivity contribution is -0.148. The van der Waals surface area contributed by atoms with Crippen molar-refractivity contribution in [2.75, 3.05) is 12.4 Å². The smallest absolute Gasteiger partial charge is 0.339 e. The summed E-state index contributed by atoms with van der Waals surface area (Å²) < 4.78 is 4.71. The van der Waals surface area contributed by atoms with Gasteiger partial charge in [-0.05, 0) is 43.2 Å². The van der Waals surface area contributed by atoms with E-state index in [0.717, 1.165) is 19.3 Å². The lowest BCUT2D eigenvalue weighted by Gasteiger charge is -2.27. The van der Waals surface area contributed by atoms with Gasteiger partial charge in [-0.1, -0.05) is 12.1 Å². The molecule has 2 fully saturated rings. The maximum Gasteiger partial charge on any atom is 0.339 e. The van der Waals surface area contributed by atoms with Gasteiger partial charge in [0.2, 0.25) is 5.91 Å². The highest BCUT2D eigenvalue weighted by molar-refractivity contribution is 6.02. The standard InChI is InChI=1S/C17H19NO5/c1-23-17(22)11-4-2-3-5-12(11)18-15(19)13-9-6-7-10(8-9)14(13)16(20)21/h2-5,9-10,13-14H,6-8H2,1H3,(H,18,19)(H,20,21)/t9-,10-,13-,14+/m0/s1. The van der Waals surface area contributed by atoms with E-state index in [1.807, 2.05) is 0 Å². The van der Waals surface area contributed by atoms with Crippen LogP contribution in [0.1, 0.15) is 29.6 Å². The first-order chi connectivity index (χ1) is 11.0. The van der Waals surface area contributed by atoms with E-state index in [-0.39, 0.29) is 23.3 Å². The average molecular weight is 317 g/mol. The van der Waals surface area contributed by atoms with E-state index in [1.165, 1.54) is 7.11 Å². The number of hydrogen-bond acceptors (Lipinski definition) is 4. The summed E-state index contributed by atoms with van der Waals surface area (Å²) >= 11 is 0. The van der Waals surface area contributed by atoms with Gasteiger partial charge in [-0.2, -0.15) is 0 Å². The number of anilines is 1. The van der Waals surface area contributed by atoms with Gasteiger partial charge in [0.15, 0.2) is 0 Å². The number of rotatable bonds is 4. The van der Waals surface area contributed by atoms with Gasteiger partial charge in [-0.25, -0.2) is 4.79 Å². The van der Waals surface area contributed by atoms with Crippen molar-refractivity contribution in [3.63, 3.8) is 0 Å². The fourth-order valence-electron chi connectivity index (χ4n) is 4.12. The van der Waals surface area contributed by atoms with Crippen LogP contribution in [0, 0.1) is 23.7 Å². The zero-order chi connectivity index (χ0) is 16.6. The number of esters is 1. The topological polar surface area (TPSA) is 92.7 Å². The number of amides is 1. The molecule has 0 aromatic heterocycles. The summed E-state index contributed by atoms with van der Waals surface area (Å²) in [5.74, 6) is -2.71. The van der Waals surface area contributed by atoms with Gasteiger partial charge in [0.05, 0.1) is 30.2 Å². The zero-order valence-corrected chi connectivity index (χ0v) is 12.8. The molecule has 2 aliphatic rings. The normalized spacial score (nSPS) is 28.4. The van der Waals surface area contributed by atoms with Gasteiger partial charge in [-0.15, -0.1) is 0 Å². The van der Waals surface area contributed by atoms with Crippen LogP contribution in [0.5, 0.6) is 0 Å². The van der Waals surface area contributed by atoms with Crippen molar-refractivity contribution in [3.05, 3.63) is 29.8 Å². The molecule has 2 N–H and O–H groups in total. The number of methoxy groups -OCH3 is 1. The van der Waals surface area contributed by atoms with Crippen LogP contribution >= 0.6 is 0 Å². The van der Waals surface area contributed by atoms with Gasteiger partial charge in [0.25, 0.3) is 0 Å². The maximum atomic E-state index is 12.7. The molecule has 1 aromatic rings. The Morgan fingerprint density at radius 2 is 1.78 bits per heavy atom. The van der Waals surface area contributed by atoms with Crippen LogP contribution in [0.4, 0.5) is 5.69 Å². The van der Waals surface area contributed by atoms with Crippen molar-refractivity contribution in [1.82, 2.24) is 0 Å². The number of aliphatic carboxylic acids is 1. The largest absolute Gasteiger partial charge is 0.481 e. The molecule has 0 unspecified atom stereocenters. The Hall–Kier alpha value is -2.37. The minimum Gasteiger partial charge on any atom is -0.481 e. The molecule has 0 heterocycles. The number of ether oxygens (including phenoxy) is 1. The van der Waals surface area contributed by atoms with Crippen LogP contribution in [0.3, 0.4) is 0 Å². The Bertz CT molecular complexity index is 656. The molecule has 23 heavy (non-hydrogen) atoms. The summed E-state index contributed by atoms with van der Waals surface area (Å²) in [6, 6.07) is 6.57. The minimum absolute atomic E-state index is 0.0871. The van der Waals surface area contributed by atoms with Crippen molar-refractivity contribution in [2.24, 2.45) is 23.7 Å². The second-order valence-corrected chi connectivity index (χ2v) is 6.25. The molecule has 1 amide bonds. The molecule has 0 radical (unpaired) electrons. The summed E-state index contributed by atoms with van der Waals surface area (Å²) in [6.07, 6.45) is 2.57. The van der Waals surface area contributed by atoms with Gasteiger partial charge in [-0.3, -0.25) is 9.59 Å². The predicted molar refractivity (Wildman–Crippen MR) is 81.9 cm³/mol. The number of carboxylic acid groups (broad SMARTS) is 1. The Morgan fingerprint density at radius 1 is 1.13 bits per heavy atom. The van der Waals surface area contributed by atoms with E-state index in [1.54, 1.807) is 24.3 Å². The van der Waals surface area contributed by atoms with Crippen LogP contribution in [-0.4, -0.2) is 30.1 Å². The molecular formula is C17H19NO5. The molecule has 2 aliphatic carbocycles. The first-order valence-corrected chi connectivity index (χ1v) is 7.74. The summed E-state index contributed by atoms with van der Waals surface area (Å²) in [5, 5.41) is 12.2. The quantitative estimate of drug-likeness (QED) is 0.830. The van der Waals surface area contributed by atoms with Crippen molar-refractivity contribution < 1.29 is 24.2 Å². The maximum absolute atomic E-state index is 12.7. The van der Waals surface area contributed by atoms with E-state index in [9.17, 15) is 19.5 Å². The van der Waals surface area contributed by atoms with Crippen LogP contribution in [0.2, 0.25) is 0 Å². The minimum atomic E-state index is -0.904. The summed E-state index contributed by atoms with van der Waals surface area (Å²) in [5.41, 5.74) is 0.620. The van der Waals surface area contributed by atoms with Gasteiger partial charge >= 0.3 is 11.9 Å². The molecule has 0 aliphatic heterocycles. The lowest BCUT2D eigenvalue weighted by Crippen LogP contribution is -2.38. The third-order valence-electron chi connectivity index (χ3n) is 5.09. The van der Waals surface area contributed by atoms with Crippen molar-refractivity contribution >= 4 is 23.5 Å². The summed E-state index contributed by atoms with van der Waals surface area (Å²) in [4.78, 5) is 36.0. The number of fused-ring (bicyclic) bond motifs is 2. The van der Waals surface area contributed by atoms with Crippen molar-refractivity contribution in [1.29, 1.82) is 0 Å². The Balaban J connectivity index is 1.82. The first-order valence-electron chi connectivity index (χ1n) is 7.74. The zero-order valence-electron chi connectivity index (χ0n) is 12.8. The number of para-hydroxylation sites is 1. The average Bonchev–Trinajstić information content (AvgIpc) is 3.15. The van der Waals surface area contributed by atoms with Crippen LogP contribution < -0.4 is 5.32 Å². The first kappa shape index (κ1) is 15.5. The molecule has 2 saturated carbocycles. The molecule has 0 saturated heterocycles. The molecule has 122 valence electrons. The second kappa shape index (κ2) is 6.02. The van der Waals surface area contributed by atoms with Gasteiger partial charge in [0.1, 0.15) is 0 Å². The number of carboxylic acids is 1. The molecule has 3 rings (SSSR count). The Morgan fingerprint density at radius 3 is 2.43 bits per heavy atom. The van der Waals surface area contributed by atoms with Crippen molar-refractivity contribution in [3.8, 4) is 0 Å². The van der Waals surface area contributed by atoms with Crippen LogP contribution in [0.15, 0.2) is 24.3 Å². The fourth-order valence-corrected chi connectivity index (χ4v) is 4.12. The number of benzene rings is 1. The number of nitrogens with one attached hydrogen (secondary N) is 1. The Labute approximate surface area is 133 Å². The third kappa shape index (κ3) is 2.69. The number of carbonyl (C=O) groups excluding carboxylic acids is 2. The Kier molecular flexibility index (Phi) is 4.07. The van der Waals surface area contributed by atoms with E-state index in [0.29, 0.717) is 5.69 Å².